The molecule has 0 unspecified atom stereocenters. The fraction of sp³-hybridized carbons (Fsp3) is 0.400. The van der Waals surface area contributed by atoms with Gasteiger partial charge in [0.15, 0.2) is 0 Å². The van der Waals surface area contributed by atoms with Gasteiger partial charge in [-0.2, -0.15) is 0 Å². The molecule has 0 radical (unpaired) electrons. The van der Waals surface area contributed by atoms with Gasteiger partial charge >= 0.3 is 0 Å². The van der Waals surface area contributed by atoms with E-state index in [1.54, 1.807) is 4.68 Å². The first-order valence-electron chi connectivity index (χ1n) is 6.93. The van der Waals surface area contributed by atoms with Crippen molar-refractivity contribution >= 4 is 11.6 Å². The molecule has 0 saturated heterocycles. The largest absolute Gasteiger partial charge is 0.390 e. The molecule has 2 N–H and O–H groups in total. The van der Waals surface area contributed by atoms with Crippen molar-refractivity contribution in [1.29, 1.82) is 0 Å². The maximum atomic E-state index is 11.1. The number of aromatic nitrogens is 3. The number of aliphatic hydroxyl groups excluding tert-OH is 1. The van der Waals surface area contributed by atoms with Crippen LogP contribution >= 0.6 is 0 Å². The van der Waals surface area contributed by atoms with Crippen LogP contribution in [0.15, 0.2) is 24.3 Å². The van der Waals surface area contributed by atoms with Crippen molar-refractivity contribution in [2.75, 3.05) is 5.32 Å². The van der Waals surface area contributed by atoms with Crippen LogP contribution in [0.2, 0.25) is 0 Å². The van der Waals surface area contributed by atoms with Gasteiger partial charge in [0.05, 0.1) is 18.0 Å². The van der Waals surface area contributed by atoms with Crippen LogP contribution in [0.5, 0.6) is 0 Å². The number of carbonyl (C=O) groups excluding carboxylic acids is 1. The second kappa shape index (κ2) is 6.49. The number of hydrogen-bond acceptors (Lipinski definition) is 4. The maximum Gasteiger partial charge on any atom is 0.221 e. The average molecular weight is 288 g/mol. The third kappa shape index (κ3) is 3.66. The molecule has 0 bridgehead atoms. The predicted molar refractivity (Wildman–Crippen MR) is 80.1 cm³/mol. The summed E-state index contributed by atoms with van der Waals surface area (Å²) in [6.45, 7) is 5.54. The van der Waals surface area contributed by atoms with E-state index in [9.17, 15) is 9.90 Å². The quantitative estimate of drug-likeness (QED) is 0.881. The normalized spacial score (nSPS) is 10.9. The Labute approximate surface area is 123 Å². The van der Waals surface area contributed by atoms with Gasteiger partial charge in [-0.15, -0.1) is 5.10 Å². The van der Waals surface area contributed by atoms with Gasteiger partial charge in [-0.3, -0.25) is 4.79 Å². The van der Waals surface area contributed by atoms with Gasteiger partial charge in [-0.25, -0.2) is 4.68 Å². The summed E-state index contributed by atoms with van der Waals surface area (Å²) in [6.07, 6.45) is 0.771. The summed E-state index contributed by atoms with van der Waals surface area (Å²) in [5.74, 6) is 0.301. The SMILES string of the molecule is CC(=O)Nc1cccc(-n2nnc(CO)c2CC(C)C)c1. The molecular formula is C15H20N4O2. The fourth-order valence-corrected chi connectivity index (χ4v) is 2.17. The minimum absolute atomic E-state index is 0.121. The second-order valence-corrected chi connectivity index (χ2v) is 5.38. The van der Waals surface area contributed by atoms with E-state index in [0.29, 0.717) is 17.3 Å². The van der Waals surface area contributed by atoms with Crippen LogP contribution in [-0.4, -0.2) is 26.0 Å². The molecule has 0 saturated carbocycles. The molecule has 6 heteroatoms. The first kappa shape index (κ1) is 15.2. The Morgan fingerprint density at radius 3 is 2.81 bits per heavy atom. The zero-order valence-corrected chi connectivity index (χ0v) is 12.5. The van der Waals surface area contributed by atoms with Gasteiger partial charge in [0.25, 0.3) is 0 Å². The van der Waals surface area contributed by atoms with Gasteiger partial charge in [-0.05, 0) is 30.5 Å². The number of hydrogen-bond donors (Lipinski definition) is 2. The van der Waals surface area contributed by atoms with Gasteiger partial charge in [0.2, 0.25) is 5.91 Å². The molecule has 2 rings (SSSR count). The number of aliphatic hydroxyl groups is 1. The molecule has 0 aliphatic carbocycles. The van der Waals surface area contributed by atoms with Crippen molar-refractivity contribution in [3.8, 4) is 5.69 Å². The summed E-state index contributed by atoms with van der Waals surface area (Å²) in [5, 5.41) is 20.3. The van der Waals surface area contributed by atoms with Crippen LogP contribution in [0.1, 0.15) is 32.2 Å². The first-order valence-corrected chi connectivity index (χ1v) is 6.93. The monoisotopic (exact) mass is 288 g/mol. The molecule has 112 valence electrons. The number of anilines is 1. The highest BCUT2D eigenvalue weighted by atomic mass is 16.3. The topological polar surface area (TPSA) is 80.0 Å². The van der Waals surface area contributed by atoms with Gasteiger partial charge in [0, 0.05) is 12.6 Å². The molecule has 0 aliphatic heterocycles. The smallest absolute Gasteiger partial charge is 0.221 e. The zero-order chi connectivity index (χ0) is 15.4. The molecule has 1 amide bonds. The van der Waals surface area contributed by atoms with Gasteiger partial charge in [0.1, 0.15) is 5.69 Å². The molecular weight excluding hydrogens is 268 g/mol. The Morgan fingerprint density at radius 1 is 1.43 bits per heavy atom. The van der Waals surface area contributed by atoms with E-state index >= 15 is 0 Å². The number of carbonyl (C=O) groups is 1. The zero-order valence-electron chi connectivity index (χ0n) is 12.5. The second-order valence-electron chi connectivity index (χ2n) is 5.38. The lowest BCUT2D eigenvalue weighted by atomic mass is 10.1. The number of benzene rings is 1. The molecule has 0 spiro atoms. The highest BCUT2D eigenvalue weighted by Crippen LogP contribution is 2.19. The van der Waals surface area contributed by atoms with Crippen molar-refractivity contribution < 1.29 is 9.90 Å². The van der Waals surface area contributed by atoms with E-state index < -0.39 is 0 Å². The molecule has 0 atom stereocenters. The molecule has 6 nitrogen and oxygen atoms in total. The minimum Gasteiger partial charge on any atom is -0.390 e. The number of nitrogens with zero attached hydrogens (tertiary/aromatic N) is 3. The molecule has 1 heterocycles. The van der Waals surface area contributed by atoms with E-state index in [1.165, 1.54) is 6.92 Å². The Kier molecular flexibility index (Phi) is 4.70. The standard InChI is InChI=1S/C15H20N4O2/c1-10(2)7-15-14(9-20)17-18-19(15)13-6-4-5-12(8-13)16-11(3)21/h4-6,8,10,20H,7,9H2,1-3H3,(H,16,21). The van der Waals surface area contributed by atoms with Crippen LogP contribution in [-0.2, 0) is 17.8 Å². The summed E-state index contributed by atoms with van der Waals surface area (Å²) >= 11 is 0. The summed E-state index contributed by atoms with van der Waals surface area (Å²) in [7, 11) is 0. The number of nitrogens with one attached hydrogen (secondary N) is 1. The third-order valence-electron chi connectivity index (χ3n) is 3.01. The van der Waals surface area contributed by atoms with E-state index in [1.807, 2.05) is 24.3 Å². The Bertz CT molecular complexity index is 634. The fourth-order valence-electron chi connectivity index (χ4n) is 2.17. The van der Waals surface area contributed by atoms with Crippen LogP contribution < -0.4 is 5.32 Å². The lowest BCUT2D eigenvalue weighted by Gasteiger charge is -2.11. The summed E-state index contributed by atoms with van der Waals surface area (Å²) in [6, 6.07) is 7.39. The van der Waals surface area contributed by atoms with Crippen LogP contribution in [0.3, 0.4) is 0 Å². The van der Waals surface area contributed by atoms with E-state index in [4.69, 9.17) is 0 Å². The molecule has 1 aromatic carbocycles. The lowest BCUT2D eigenvalue weighted by Crippen LogP contribution is -2.09. The van der Waals surface area contributed by atoms with Crippen molar-refractivity contribution in [3.63, 3.8) is 0 Å². The van der Waals surface area contributed by atoms with Crippen LogP contribution in [0.4, 0.5) is 5.69 Å². The predicted octanol–water partition coefficient (Wildman–Crippen LogP) is 1.92. The van der Waals surface area contributed by atoms with Crippen LogP contribution in [0.25, 0.3) is 5.69 Å². The first-order chi connectivity index (χ1) is 10.0. The van der Waals surface area contributed by atoms with Gasteiger partial charge < -0.3 is 10.4 Å². The van der Waals surface area contributed by atoms with Crippen LogP contribution in [0, 0.1) is 5.92 Å². The van der Waals surface area contributed by atoms with Crippen molar-refractivity contribution in [1.82, 2.24) is 15.0 Å². The molecule has 1 aromatic heterocycles. The molecule has 0 aliphatic rings. The summed E-state index contributed by atoms with van der Waals surface area (Å²) < 4.78 is 1.72. The minimum atomic E-state index is -0.132. The Hall–Kier alpha value is -2.21. The Morgan fingerprint density at radius 2 is 2.19 bits per heavy atom. The van der Waals surface area contributed by atoms with Gasteiger partial charge in [-0.1, -0.05) is 25.1 Å². The molecule has 0 fully saturated rings. The van der Waals surface area contributed by atoms with E-state index in [-0.39, 0.29) is 12.5 Å². The number of rotatable bonds is 5. The van der Waals surface area contributed by atoms with Crippen molar-refractivity contribution in [2.45, 2.75) is 33.8 Å². The molecule has 21 heavy (non-hydrogen) atoms. The molecule has 2 aromatic rings. The van der Waals surface area contributed by atoms with E-state index in [2.05, 4.69) is 29.5 Å². The highest BCUT2D eigenvalue weighted by Gasteiger charge is 2.15. The summed E-state index contributed by atoms with van der Waals surface area (Å²) in [4.78, 5) is 11.1. The average Bonchev–Trinajstić information content (AvgIpc) is 2.80. The maximum absolute atomic E-state index is 11.1. The Balaban J connectivity index is 2.41. The van der Waals surface area contributed by atoms with Crippen molar-refractivity contribution in [2.24, 2.45) is 5.92 Å². The lowest BCUT2D eigenvalue weighted by molar-refractivity contribution is -0.114. The number of amides is 1. The summed E-state index contributed by atoms with van der Waals surface area (Å²) in [5.41, 5.74) is 3.00. The van der Waals surface area contributed by atoms with E-state index in [0.717, 1.165) is 17.8 Å². The third-order valence-corrected chi connectivity index (χ3v) is 3.01. The highest BCUT2D eigenvalue weighted by molar-refractivity contribution is 5.88. The van der Waals surface area contributed by atoms with Crippen molar-refractivity contribution in [3.05, 3.63) is 35.7 Å².